The molecule has 1 aliphatic rings. The quantitative estimate of drug-likeness (QED) is 0.470. The standard InChI is InChI=1S/C12H17NO5/c14-6-8-9(15)10(16)11(17)12(18-8)13-7-4-2-1-3-5-7/h1-5,8-17H,6H2/t8-,9+,10+,11+,12+/m0/s1. The third-order valence-electron chi connectivity index (χ3n) is 2.97. The van der Waals surface area contributed by atoms with Crippen molar-refractivity contribution in [2.24, 2.45) is 0 Å². The Labute approximate surface area is 104 Å². The van der Waals surface area contributed by atoms with E-state index >= 15 is 0 Å². The topological polar surface area (TPSA) is 102 Å². The first kappa shape index (κ1) is 13.3. The van der Waals surface area contributed by atoms with Crippen molar-refractivity contribution in [1.29, 1.82) is 0 Å². The van der Waals surface area contributed by atoms with Gasteiger partial charge in [0.1, 0.15) is 24.4 Å². The monoisotopic (exact) mass is 255 g/mol. The molecule has 18 heavy (non-hydrogen) atoms. The fourth-order valence-electron chi connectivity index (χ4n) is 1.92. The highest BCUT2D eigenvalue weighted by Gasteiger charge is 2.43. The summed E-state index contributed by atoms with van der Waals surface area (Å²) in [5, 5.41) is 41.0. The Morgan fingerprint density at radius 3 is 2.28 bits per heavy atom. The fraction of sp³-hybridized carbons (Fsp3) is 0.500. The average molecular weight is 255 g/mol. The summed E-state index contributed by atoms with van der Waals surface area (Å²) in [5.74, 6) is 0. The second-order valence-electron chi connectivity index (χ2n) is 4.26. The van der Waals surface area contributed by atoms with Crippen molar-refractivity contribution in [2.75, 3.05) is 11.9 Å². The van der Waals surface area contributed by atoms with Crippen LogP contribution in [-0.2, 0) is 4.74 Å². The van der Waals surface area contributed by atoms with Crippen LogP contribution in [0.15, 0.2) is 30.3 Å². The van der Waals surface area contributed by atoms with Gasteiger partial charge in [-0.1, -0.05) is 18.2 Å². The van der Waals surface area contributed by atoms with Crippen LogP contribution in [0.5, 0.6) is 0 Å². The molecule has 0 spiro atoms. The number of hydrogen-bond donors (Lipinski definition) is 5. The molecule has 100 valence electrons. The highest BCUT2D eigenvalue weighted by molar-refractivity contribution is 5.43. The predicted octanol–water partition coefficient (Wildman–Crippen LogP) is -1.10. The third kappa shape index (κ3) is 2.63. The molecule has 1 aromatic rings. The van der Waals surface area contributed by atoms with Crippen molar-refractivity contribution >= 4 is 5.69 Å². The zero-order valence-electron chi connectivity index (χ0n) is 9.68. The van der Waals surface area contributed by atoms with Gasteiger partial charge < -0.3 is 30.5 Å². The minimum atomic E-state index is -1.36. The highest BCUT2D eigenvalue weighted by Crippen LogP contribution is 2.22. The third-order valence-corrected chi connectivity index (χ3v) is 2.97. The largest absolute Gasteiger partial charge is 0.394 e. The number of nitrogens with one attached hydrogen (secondary N) is 1. The number of anilines is 1. The lowest BCUT2D eigenvalue weighted by molar-refractivity contribution is -0.221. The average Bonchev–Trinajstić information content (AvgIpc) is 2.40. The van der Waals surface area contributed by atoms with E-state index in [0.29, 0.717) is 5.69 Å². The Bertz CT molecular complexity index is 372. The van der Waals surface area contributed by atoms with Crippen LogP contribution in [-0.4, -0.2) is 57.7 Å². The first-order valence-corrected chi connectivity index (χ1v) is 5.75. The minimum absolute atomic E-state index is 0.433. The first-order chi connectivity index (χ1) is 8.63. The van der Waals surface area contributed by atoms with E-state index in [1.54, 1.807) is 12.1 Å². The number of benzene rings is 1. The SMILES string of the molecule is OC[C@@H]1O[C@@H](Nc2ccccc2)[C@H](O)[C@H](O)[C@@H]1O. The molecule has 0 radical (unpaired) electrons. The molecule has 2 rings (SSSR count). The number of aliphatic hydroxyl groups excluding tert-OH is 4. The molecule has 6 nitrogen and oxygen atoms in total. The number of rotatable bonds is 3. The van der Waals surface area contributed by atoms with E-state index in [0.717, 1.165) is 0 Å². The molecule has 0 amide bonds. The summed E-state index contributed by atoms with van der Waals surface area (Å²) < 4.78 is 5.31. The maximum Gasteiger partial charge on any atom is 0.157 e. The van der Waals surface area contributed by atoms with Crippen LogP contribution in [0, 0.1) is 0 Å². The smallest absolute Gasteiger partial charge is 0.157 e. The molecule has 0 aliphatic carbocycles. The molecule has 5 N–H and O–H groups in total. The van der Waals surface area contributed by atoms with Crippen LogP contribution in [0.3, 0.4) is 0 Å². The second kappa shape index (κ2) is 5.64. The molecule has 0 aromatic heterocycles. The van der Waals surface area contributed by atoms with Crippen LogP contribution >= 0.6 is 0 Å². The van der Waals surface area contributed by atoms with Gasteiger partial charge in [-0.2, -0.15) is 0 Å². The van der Waals surface area contributed by atoms with Crippen molar-refractivity contribution in [3.63, 3.8) is 0 Å². The summed E-state index contributed by atoms with van der Waals surface area (Å²) in [6.45, 7) is -0.433. The van der Waals surface area contributed by atoms with E-state index in [-0.39, 0.29) is 0 Å². The number of ether oxygens (including phenoxy) is 1. The predicted molar refractivity (Wildman–Crippen MR) is 63.8 cm³/mol. The summed E-state index contributed by atoms with van der Waals surface area (Å²) in [6, 6.07) is 9.03. The second-order valence-corrected chi connectivity index (χ2v) is 4.26. The van der Waals surface area contributed by atoms with Crippen LogP contribution in [0.1, 0.15) is 0 Å². The lowest BCUT2D eigenvalue weighted by atomic mass is 9.98. The van der Waals surface area contributed by atoms with E-state index in [1.165, 1.54) is 0 Å². The minimum Gasteiger partial charge on any atom is -0.394 e. The summed E-state index contributed by atoms with van der Waals surface area (Å²) in [5.41, 5.74) is 0.710. The molecule has 1 aliphatic heterocycles. The summed E-state index contributed by atoms with van der Waals surface area (Å²) in [7, 11) is 0. The molecule has 1 saturated heterocycles. The van der Waals surface area contributed by atoms with E-state index in [1.807, 2.05) is 18.2 Å². The summed E-state index contributed by atoms with van der Waals surface area (Å²) in [4.78, 5) is 0. The Morgan fingerprint density at radius 2 is 1.67 bits per heavy atom. The van der Waals surface area contributed by atoms with Gasteiger partial charge in [-0.3, -0.25) is 0 Å². The molecule has 5 atom stereocenters. The van der Waals surface area contributed by atoms with E-state index in [9.17, 15) is 15.3 Å². The molecule has 0 unspecified atom stereocenters. The number of aliphatic hydroxyl groups is 4. The Morgan fingerprint density at radius 1 is 1.00 bits per heavy atom. The molecule has 1 heterocycles. The van der Waals surface area contributed by atoms with Gasteiger partial charge in [0, 0.05) is 5.69 Å². The molecule has 1 aromatic carbocycles. The lowest BCUT2D eigenvalue weighted by Crippen LogP contribution is -2.60. The van der Waals surface area contributed by atoms with Crippen molar-refractivity contribution in [2.45, 2.75) is 30.6 Å². The van der Waals surface area contributed by atoms with Gasteiger partial charge in [-0.25, -0.2) is 0 Å². The van der Waals surface area contributed by atoms with Gasteiger partial charge in [0.25, 0.3) is 0 Å². The first-order valence-electron chi connectivity index (χ1n) is 5.75. The molecule has 1 fully saturated rings. The van der Waals surface area contributed by atoms with Gasteiger partial charge in [-0.15, -0.1) is 0 Å². The van der Waals surface area contributed by atoms with Crippen molar-refractivity contribution in [3.8, 4) is 0 Å². The van der Waals surface area contributed by atoms with Crippen LogP contribution in [0.4, 0.5) is 5.69 Å². The lowest BCUT2D eigenvalue weighted by Gasteiger charge is -2.40. The normalized spacial score (nSPS) is 36.3. The van der Waals surface area contributed by atoms with Crippen LogP contribution in [0.25, 0.3) is 0 Å². The van der Waals surface area contributed by atoms with Crippen LogP contribution < -0.4 is 5.32 Å². The molecular formula is C12H17NO5. The summed E-state index contributed by atoms with van der Waals surface area (Å²) >= 11 is 0. The van der Waals surface area contributed by atoms with E-state index in [2.05, 4.69) is 5.32 Å². The van der Waals surface area contributed by atoms with Crippen molar-refractivity contribution < 1.29 is 25.2 Å². The summed E-state index contributed by atoms with van der Waals surface area (Å²) in [6.07, 6.45) is -5.76. The maximum atomic E-state index is 9.80. The van der Waals surface area contributed by atoms with Crippen molar-refractivity contribution in [1.82, 2.24) is 0 Å². The fourth-order valence-corrected chi connectivity index (χ4v) is 1.92. The van der Waals surface area contributed by atoms with Crippen LogP contribution in [0.2, 0.25) is 0 Å². The number of para-hydroxylation sites is 1. The number of hydrogen-bond acceptors (Lipinski definition) is 6. The molecule has 0 bridgehead atoms. The molecular weight excluding hydrogens is 238 g/mol. The van der Waals surface area contributed by atoms with E-state index < -0.39 is 37.3 Å². The highest BCUT2D eigenvalue weighted by atomic mass is 16.6. The molecule has 0 saturated carbocycles. The van der Waals surface area contributed by atoms with E-state index in [4.69, 9.17) is 9.84 Å². The van der Waals surface area contributed by atoms with Gasteiger partial charge in [-0.05, 0) is 12.1 Å². The zero-order chi connectivity index (χ0) is 13.1. The van der Waals surface area contributed by atoms with Crippen molar-refractivity contribution in [3.05, 3.63) is 30.3 Å². The molecule has 6 heteroatoms. The Balaban J connectivity index is 2.08. The van der Waals surface area contributed by atoms with Gasteiger partial charge >= 0.3 is 0 Å². The maximum absolute atomic E-state index is 9.80. The Hall–Kier alpha value is -1.18. The van der Waals surface area contributed by atoms with Gasteiger partial charge in [0.15, 0.2) is 6.23 Å². The zero-order valence-corrected chi connectivity index (χ0v) is 9.68. The Kier molecular flexibility index (Phi) is 4.15. The van der Waals surface area contributed by atoms with Gasteiger partial charge in [0.05, 0.1) is 6.61 Å². The van der Waals surface area contributed by atoms with Gasteiger partial charge in [0.2, 0.25) is 0 Å².